The van der Waals surface area contributed by atoms with Gasteiger partial charge in [0.2, 0.25) is 5.91 Å². The number of amides is 1. The van der Waals surface area contributed by atoms with Crippen molar-refractivity contribution in [2.45, 2.75) is 89.5 Å². The zero-order chi connectivity index (χ0) is 20.1. The van der Waals surface area contributed by atoms with Gasteiger partial charge in [-0.25, -0.2) is 0 Å². The summed E-state index contributed by atoms with van der Waals surface area (Å²) in [7, 11) is 0. The number of nitrogens with zero attached hydrogens (tertiary/aromatic N) is 4. The summed E-state index contributed by atoms with van der Waals surface area (Å²) in [5.41, 5.74) is 0. The topological polar surface area (TPSA) is 51.0 Å². The standard InChI is InChI=1S/C21H32N4OS2/c1-15(2)24(16(3)4)20(26)14-28-21-23-22-19(13-18-11-8-12-27-18)25(21)17-9-6-5-7-10-17/h8,11-12,15-17H,5-7,9-10,13-14H2,1-4H3. The minimum atomic E-state index is 0.174. The molecule has 5 nitrogen and oxygen atoms in total. The summed E-state index contributed by atoms with van der Waals surface area (Å²) >= 11 is 3.31. The smallest absolute Gasteiger partial charge is 0.233 e. The molecule has 0 radical (unpaired) electrons. The third-order valence-electron chi connectivity index (χ3n) is 5.31. The first-order valence-electron chi connectivity index (χ1n) is 10.4. The van der Waals surface area contributed by atoms with Crippen LogP contribution in [0.5, 0.6) is 0 Å². The highest BCUT2D eigenvalue weighted by Crippen LogP contribution is 2.33. The molecule has 0 bridgehead atoms. The highest BCUT2D eigenvalue weighted by Gasteiger charge is 2.25. The number of carbonyl (C=O) groups is 1. The lowest BCUT2D eigenvalue weighted by molar-refractivity contribution is -0.131. The summed E-state index contributed by atoms with van der Waals surface area (Å²) in [4.78, 5) is 16.1. The molecule has 0 aromatic carbocycles. The van der Waals surface area contributed by atoms with Gasteiger partial charge in [-0.1, -0.05) is 37.1 Å². The Kier molecular flexibility index (Phi) is 7.57. The number of thiophene rings is 1. The van der Waals surface area contributed by atoms with E-state index in [1.165, 1.54) is 37.0 Å². The Balaban J connectivity index is 1.78. The van der Waals surface area contributed by atoms with Gasteiger partial charge in [0.25, 0.3) is 0 Å². The molecule has 2 heterocycles. The van der Waals surface area contributed by atoms with Crippen molar-refractivity contribution < 1.29 is 4.79 Å². The second-order valence-electron chi connectivity index (χ2n) is 8.09. The second kappa shape index (κ2) is 9.92. The van der Waals surface area contributed by atoms with Gasteiger partial charge >= 0.3 is 0 Å². The SMILES string of the molecule is CC(C)N(C(=O)CSc1nnc(Cc2cccs2)n1C1CCCCC1)C(C)C. The molecule has 3 rings (SSSR count). The van der Waals surface area contributed by atoms with E-state index in [0.29, 0.717) is 11.8 Å². The van der Waals surface area contributed by atoms with E-state index in [2.05, 4.69) is 60.0 Å². The molecule has 0 spiro atoms. The van der Waals surface area contributed by atoms with E-state index in [1.807, 2.05) is 4.90 Å². The van der Waals surface area contributed by atoms with Crippen LogP contribution in [0.3, 0.4) is 0 Å². The number of hydrogen-bond acceptors (Lipinski definition) is 5. The average molecular weight is 421 g/mol. The molecule has 1 saturated carbocycles. The van der Waals surface area contributed by atoms with Crippen molar-refractivity contribution in [3.8, 4) is 0 Å². The van der Waals surface area contributed by atoms with Crippen molar-refractivity contribution in [1.29, 1.82) is 0 Å². The largest absolute Gasteiger partial charge is 0.337 e. The van der Waals surface area contributed by atoms with Gasteiger partial charge in [0.05, 0.1) is 5.75 Å². The Hall–Kier alpha value is -1.34. The summed E-state index contributed by atoms with van der Waals surface area (Å²) < 4.78 is 2.34. The third kappa shape index (κ3) is 5.17. The Morgan fingerprint density at radius 2 is 1.93 bits per heavy atom. The lowest BCUT2D eigenvalue weighted by Crippen LogP contribution is -2.43. The Morgan fingerprint density at radius 1 is 1.21 bits per heavy atom. The Bertz CT molecular complexity index is 741. The highest BCUT2D eigenvalue weighted by atomic mass is 32.2. The molecule has 1 aliphatic carbocycles. The summed E-state index contributed by atoms with van der Waals surface area (Å²) in [6.45, 7) is 8.30. The van der Waals surface area contributed by atoms with Crippen molar-refractivity contribution in [2.24, 2.45) is 0 Å². The highest BCUT2D eigenvalue weighted by molar-refractivity contribution is 7.99. The zero-order valence-electron chi connectivity index (χ0n) is 17.4. The van der Waals surface area contributed by atoms with Gasteiger partial charge < -0.3 is 9.47 Å². The molecular weight excluding hydrogens is 388 g/mol. The summed E-state index contributed by atoms with van der Waals surface area (Å²) in [6.07, 6.45) is 7.02. The maximum Gasteiger partial charge on any atom is 0.233 e. The van der Waals surface area contributed by atoms with E-state index in [0.717, 1.165) is 17.4 Å². The molecule has 0 unspecified atom stereocenters. The maximum absolute atomic E-state index is 12.8. The van der Waals surface area contributed by atoms with E-state index >= 15 is 0 Å². The molecule has 0 saturated heterocycles. The normalized spacial score (nSPS) is 15.5. The van der Waals surface area contributed by atoms with Crippen LogP contribution in [0.25, 0.3) is 0 Å². The first kappa shape index (κ1) is 21.4. The lowest BCUT2D eigenvalue weighted by atomic mass is 9.95. The first-order valence-corrected chi connectivity index (χ1v) is 12.2. The Morgan fingerprint density at radius 3 is 2.54 bits per heavy atom. The van der Waals surface area contributed by atoms with Gasteiger partial charge in [-0.2, -0.15) is 0 Å². The van der Waals surface area contributed by atoms with Crippen LogP contribution in [0.2, 0.25) is 0 Å². The summed E-state index contributed by atoms with van der Waals surface area (Å²) in [6, 6.07) is 5.12. The molecule has 7 heteroatoms. The molecule has 2 aromatic heterocycles. The molecule has 1 fully saturated rings. The molecular formula is C21H32N4OS2. The van der Waals surface area contributed by atoms with Gasteiger partial charge in [-0.3, -0.25) is 4.79 Å². The van der Waals surface area contributed by atoms with E-state index in [1.54, 1.807) is 23.1 Å². The summed E-state index contributed by atoms with van der Waals surface area (Å²) in [5, 5.41) is 12.0. The third-order valence-corrected chi connectivity index (χ3v) is 7.12. The van der Waals surface area contributed by atoms with Crippen LogP contribution in [-0.4, -0.2) is 43.4 Å². The fourth-order valence-electron chi connectivity index (χ4n) is 4.17. The van der Waals surface area contributed by atoms with E-state index in [-0.39, 0.29) is 18.0 Å². The van der Waals surface area contributed by atoms with Crippen molar-refractivity contribution in [1.82, 2.24) is 19.7 Å². The van der Waals surface area contributed by atoms with Crippen LogP contribution >= 0.6 is 23.1 Å². The zero-order valence-corrected chi connectivity index (χ0v) is 19.1. The monoisotopic (exact) mass is 420 g/mol. The molecule has 1 aliphatic rings. The maximum atomic E-state index is 12.8. The molecule has 0 atom stereocenters. The van der Waals surface area contributed by atoms with Crippen LogP contribution in [0.1, 0.15) is 76.5 Å². The van der Waals surface area contributed by atoms with Gasteiger partial charge in [-0.15, -0.1) is 21.5 Å². The first-order chi connectivity index (χ1) is 13.5. The molecule has 0 N–H and O–H groups in total. The van der Waals surface area contributed by atoms with Crippen LogP contribution in [0.15, 0.2) is 22.7 Å². The van der Waals surface area contributed by atoms with E-state index in [9.17, 15) is 4.79 Å². The number of carbonyl (C=O) groups excluding carboxylic acids is 1. The fraction of sp³-hybridized carbons (Fsp3) is 0.667. The molecule has 1 amide bonds. The predicted molar refractivity (Wildman–Crippen MR) is 117 cm³/mol. The predicted octanol–water partition coefficient (Wildman–Crippen LogP) is 5.17. The quantitative estimate of drug-likeness (QED) is 0.553. The van der Waals surface area contributed by atoms with Crippen LogP contribution in [-0.2, 0) is 11.2 Å². The van der Waals surface area contributed by atoms with Gasteiger partial charge in [0.1, 0.15) is 5.82 Å². The number of hydrogen-bond donors (Lipinski definition) is 0. The summed E-state index contributed by atoms with van der Waals surface area (Å²) in [5.74, 6) is 1.63. The van der Waals surface area contributed by atoms with Crippen molar-refractivity contribution >= 4 is 29.0 Å². The number of aromatic nitrogens is 3. The lowest BCUT2D eigenvalue weighted by Gasteiger charge is -2.31. The second-order valence-corrected chi connectivity index (χ2v) is 10.1. The van der Waals surface area contributed by atoms with Gasteiger partial charge in [0.15, 0.2) is 5.16 Å². The van der Waals surface area contributed by atoms with Crippen LogP contribution in [0.4, 0.5) is 0 Å². The molecule has 2 aromatic rings. The minimum absolute atomic E-state index is 0.174. The Labute approximate surface area is 176 Å². The fourth-order valence-corrected chi connectivity index (χ4v) is 5.77. The van der Waals surface area contributed by atoms with Crippen molar-refractivity contribution in [3.63, 3.8) is 0 Å². The number of rotatable bonds is 8. The van der Waals surface area contributed by atoms with Gasteiger partial charge in [0, 0.05) is 29.4 Å². The van der Waals surface area contributed by atoms with Gasteiger partial charge in [-0.05, 0) is 52.0 Å². The average Bonchev–Trinajstić information content (AvgIpc) is 3.30. The van der Waals surface area contributed by atoms with Crippen LogP contribution < -0.4 is 0 Å². The molecule has 0 aliphatic heterocycles. The van der Waals surface area contributed by atoms with Crippen molar-refractivity contribution in [3.05, 3.63) is 28.2 Å². The molecule has 154 valence electrons. The molecule has 28 heavy (non-hydrogen) atoms. The van der Waals surface area contributed by atoms with E-state index < -0.39 is 0 Å². The number of thioether (sulfide) groups is 1. The van der Waals surface area contributed by atoms with Crippen molar-refractivity contribution in [2.75, 3.05) is 5.75 Å². The van der Waals surface area contributed by atoms with Crippen LogP contribution in [0, 0.1) is 0 Å². The van der Waals surface area contributed by atoms with E-state index in [4.69, 9.17) is 0 Å². The minimum Gasteiger partial charge on any atom is -0.337 e.